The summed E-state index contributed by atoms with van der Waals surface area (Å²) < 4.78 is 33.6. The number of aryl methyl sites for hydroxylation is 1. The predicted octanol–water partition coefficient (Wildman–Crippen LogP) is 1.04. The molecule has 1 N–H and O–H groups in total. The quantitative estimate of drug-likeness (QED) is 0.712. The first-order valence-electron chi connectivity index (χ1n) is 9.25. The van der Waals surface area contributed by atoms with Gasteiger partial charge < -0.3 is 9.64 Å². The number of ether oxygens (including phenoxy) is 1. The lowest BCUT2D eigenvalue weighted by molar-refractivity contribution is -0.907. The second-order valence-corrected chi connectivity index (χ2v) is 8.75. The van der Waals surface area contributed by atoms with Crippen molar-refractivity contribution in [3.8, 4) is 0 Å². The Hall–Kier alpha value is -2.22. The van der Waals surface area contributed by atoms with Crippen LogP contribution in [0.5, 0.6) is 0 Å². The molecule has 0 spiro atoms. The van der Waals surface area contributed by atoms with Crippen molar-refractivity contribution in [3.05, 3.63) is 59.9 Å². The number of morpholine rings is 1. The van der Waals surface area contributed by atoms with E-state index in [-0.39, 0.29) is 4.90 Å². The van der Waals surface area contributed by atoms with Crippen molar-refractivity contribution in [1.29, 1.82) is 0 Å². The van der Waals surface area contributed by atoms with Crippen molar-refractivity contribution in [1.82, 2.24) is 8.96 Å². The van der Waals surface area contributed by atoms with Gasteiger partial charge in [-0.05, 0) is 31.2 Å². The summed E-state index contributed by atoms with van der Waals surface area (Å²) in [7, 11) is -3.70. The second-order valence-electron chi connectivity index (χ2n) is 6.96. The molecule has 0 saturated carbocycles. The average Bonchev–Trinajstić information content (AvgIpc) is 3.07. The standard InChI is InChI=1S/C20H23N3O3S/c1-16-6-8-17(9-7-16)27(24,25)23-19-5-3-2-4-18(19)21-20(23)10-11-22-12-14-26-15-13-22/h2-9H,10-15H2,1H3/p+1. The fraction of sp³-hybridized carbons (Fsp3) is 0.350. The molecule has 142 valence electrons. The maximum absolute atomic E-state index is 13.4. The molecule has 1 aliphatic heterocycles. The van der Waals surface area contributed by atoms with E-state index in [2.05, 4.69) is 4.98 Å². The number of nitrogens with zero attached hydrogens (tertiary/aromatic N) is 2. The highest BCUT2D eigenvalue weighted by Gasteiger charge is 2.25. The third kappa shape index (κ3) is 3.63. The zero-order chi connectivity index (χ0) is 18.9. The van der Waals surface area contributed by atoms with Gasteiger partial charge in [0.15, 0.2) is 0 Å². The molecule has 0 unspecified atom stereocenters. The first-order chi connectivity index (χ1) is 13.1. The van der Waals surface area contributed by atoms with E-state index in [0.717, 1.165) is 38.4 Å². The maximum atomic E-state index is 13.4. The fourth-order valence-corrected chi connectivity index (χ4v) is 5.01. The summed E-state index contributed by atoms with van der Waals surface area (Å²) in [5.74, 6) is 0.593. The molecule has 1 saturated heterocycles. The number of hydrogen-bond donors (Lipinski definition) is 1. The molecule has 7 heteroatoms. The van der Waals surface area contributed by atoms with Crippen molar-refractivity contribution < 1.29 is 18.1 Å². The minimum absolute atomic E-state index is 0.288. The topological polar surface area (TPSA) is 65.6 Å². The molecule has 6 nitrogen and oxygen atoms in total. The Bertz CT molecular complexity index is 1040. The van der Waals surface area contributed by atoms with E-state index in [1.807, 2.05) is 43.3 Å². The zero-order valence-electron chi connectivity index (χ0n) is 15.4. The van der Waals surface area contributed by atoms with Gasteiger partial charge in [0.2, 0.25) is 0 Å². The third-order valence-electron chi connectivity index (χ3n) is 5.05. The van der Waals surface area contributed by atoms with E-state index in [9.17, 15) is 8.42 Å². The summed E-state index contributed by atoms with van der Waals surface area (Å²) in [6, 6.07) is 14.4. The molecule has 1 aromatic heterocycles. The Morgan fingerprint density at radius 2 is 1.78 bits per heavy atom. The van der Waals surface area contributed by atoms with Crippen LogP contribution >= 0.6 is 0 Å². The number of hydrogen-bond acceptors (Lipinski definition) is 4. The molecule has 1 fully saturated rings. The van der Waals surface area contributed by atoms with E-state index >= 15 is 0 Å². The van der Waals surface area contributed by atoms with E-state index in [1.54, 1.807) is 12.1 Å². The Morgan fingerprint density at radius 3 is 2.52 bits per heavy atom. The molecule has 27 heavy (non-hydrogen) atoms. The van der Waals surface area contributed by atoms with Gasteiger partial charge >= 0.3 is 0 Å². The number of nitrogens with one attached hydrogen (secondary N) is 1. The lowest BCUT2D eigenvalue weighted by atomic mass is 10.2. The van der Waals surface area contributed by atoms with Crippen molar-refractivity contribution in [3.63, 3.8) is 0 Å². The minimum Gasteiger partial charge on any atom is -0.370 e. The van der Waals surface area contributed by atoms with Crippen molar-refractivity contribution in [2.24, 2.45) is 0 Å². The summed E-state index contributed by atoms with van der Waals surface area (Å²) in [5.41, 5.74) is 2.37. The normalized spacial score (nSPS) is 16.0. The number of imidazole rings is 1. The summed E-state index contributed by atoms with van der Waals surface area (Å²) in [6.07, 6.45) is 0.606. The molecule has 1 aliphatic rings. The molecular formula is C20H24N3O3S+. The predicted molar refractivity (Wildman–Crippen MR) is 104 cm³/mol. The number of aromatic nitrogens is 2. The SMILES string of the molecule is Cc1ccc(S(=O)(=O)n2c(CC[NH+]3CCOCC3)nc3ccccc32)cc1. The van der Waals surface area contributed by atoms with Crippen molar-refractivity contribution >= 4 is 21.1 Å². The van der Waals surface area contributed by atoms with Crippen LogP contribution in [-0.2, 0) is 21.2 Å². The fourth-order valence-electron chi connectivity index (χ4n) is 3.49. The monoisotopic (exact) mass is 386 g/mol. The lowest BCUT2D eigenvalue weighted by Crippen LogP contribution is -3.14. The van der Waals surface area contributed by atoms with E-state index < -0.39 is 10.0 Å². The van der Waals surface area contributed by atoms with Gasteiger partial charge in [-0.25, -0.2) is 17.4 Å². The molecule has 0 bridgehead atoms. The molecule has 2 aromatic carbocycles. The molecule has 0 atom stereocenters. The van der Waals surface area contributed by atoms with Gasteiger partial charge in [0.25, 0.3) is 10.0 Å². The largest absolute Gasteiger partial charge is 0.370 e. The number of rotatable bonds is 5. The molecule has 0 amide bonds. The summed E-state index contributed by atoms with van der Waals surface area (Å²) in [5, 5.41) is 0. The van der Waals surface area contributed by atoms with Crippen LogP contribution in [0, 0.1) is 6.92 Å². The van der Waals surface area contributed by atoms with Gasteiger partial charge in [-0.15, -0.1) is 0 Å². The van der Waals surface area contributed by atoms with E-state index in [1.165, 1.54) is 8.87 Å². The maximum Gasteiger partial charge on any atom is 0.269 e. The third-order valence-corrected chi connectivity index (χ3v) is 6.80. The molecule has 0 aliphatic carbocycles. The minimum atomic E-state index is -3.70. The van der Waals surface area contributed by atoms with E-state index in [0.29, 0.717) is 23.3 Å². The van der Waals surface area contributed by atoms with Crippen LogP contribution in [0.3, 0.4) is 0 Å². The lowest BCUT2D eigenvalue weighted by Gasteiger charge is -2.23. The van der Waals surface area contributed by atoms with Crippen LogP contribution in [0.2, 0.25) is 0 Å². The Balaban J connectivity index is 1.74. The molecule has 0 radical (unpaired) electrons. The van der Waals surface area contributed by atoms with Crippen LogP contribution < -0.4 is 4.90 Å². The van der Waals surface area contributed by atoms with Crippen LogP contribution in [0.15, 0.2) is 53.4 Å². The van der Waals surface area contributed by atoms with Crippen molar-refractivity contribution in [2.75, 3.05) is 32.8 Å². The van der Waals surface area contributed by atoms with Crippen LogP contribution in [0.4, 0.5) is 0 Å². The Kier molecular flexibility index (Phi) is 4.99. The molecule has 3 aromatic rings. The van der Waals surface area contributed by atoms with Crippen molar-refractivity contribution in [2.45, 2.75) is 18.2 Å². The zero-order valence-corrected chi connectivity index (χ0v) is 16.2. The smallest absolute Gasteiger partial charge is 0.269 e. The first kappa shape index (κ1) is 18.2. The molecule has 4 rings (SSSR count). The number of fused-ring (bicyclic) bond motifs is 1. The summed E-state index contributed by atoms with van der Waals surface area (Å²) in [6.45, 7) is 6.20. The Labute approximate surface area is 159 Å². The molecular weight excluding hydrogens is 362 g/mol. The highest BCUT2D eigenvalue weighted by molar-refractivity contribution is 7.90. The van der Waals surface area contributed by atoms with Crippen LogP contribution in [0.1, 0.15) is 11.4 Å². The van der Waals surface area contributed by atoms with Gasteiger partial charge in [-0.1, -0.05) is 29.8 Å². The first-order valence-corrected chi connectivity index (χ1v) is 10.7. The second kappa shape index (κ2) is 7.42. The summed E-state index contributed by atoms with van der Waals surface area (Å²) in [4.78, 5) is 6.36. The van der Waals surface area contributed by atoms with E-state index in [4.69, 9.17) is 4.74 Å². The number of quaternary nitrogens is 1. The number of benzene rings is 2. The Morgan fingerprint density at radius 1 is 1.07 bits per heavy atom. The highest BCUT2D eigenvalue weighted by Crippen LogP contribution is 2.23. The van der Waals surface area contributed by atoms with Crippen LogP contribution in [0.25, 0.3) is 11.0 Å². The van der Waals surface area contributed by atoms with Crippen LogP contribution in [-0.4, -0.2) is 50.2 Å². The van der Waals surface area contributed by atoms with Gasteiger partial charge in [0, 0.05) is 0 Å². The van der Waals surface area contributed by atoms with Gasteiger partial charge in [-0.2, -0.15) is 0 Å². The molecule has 2 heterocycles. The van der Waals surface area contributed by atoms with Gasteiger partial charge in [0.05, 0.1) is 42.1 Å². The highest BCUT2D eigenvalue weighted by atomic mass is 32.2. The summed E-state index contributed by atoms with van der Waals surface area (Å²) >= 11 is 0. The van der Waals surface area contributed by atoms with Gasteiger partial charge in [0.1, 0.15) is 18.9 Å². The number of para-hydroxylation sites is 2. The average molecular weight is 386 g/mol. The van der Waals surface area contributed by atoms with Gasteiger partial charge in [-0.3, -0.25) is 0 Å².